The largest absolute Gasteiger partial charge is 0.478 e. The number of carbonyl (C=O) groups is 1. The average Bonchev–Trinajstić information content (AvgIpc) is 2.31. The van der Waals surface area contributed by atoms with E-state index in [0.717, 1.165) is 12.3 Å². The molecule has 0 aliphatic heterocycles. The van der Waals surface area contributed by atoms with Crippen LogP contribution >= 0.6 is 0 Å². The van der Waals surface area contributed by atoms with Crippen LogP contribution in [0.3, 0.4) is 0 Å². The molecule has 0 aromatic heterocycles. The fraction of sp³-hybridized carbons (Fsp3) is 0.769. The molecule has 1 unspecified atom stereocenters. The summed E-state index contributed by atoms with van der Waals surface area (Å²) in [7, 11) is 0. The van der Waals surface area contributed by atoms with Gasteiger partial charge in [-0.05, 0) is 34.6 Å². The minimum absolute atomic E-state index is 0.250. The van der Waals surface area contributed by atoms with Gasteiger partial charge >= 0.3 is 5.97 Å². The summed E-state index contributed by atoms with van der Waals surface area (Å²) in [6, 6.07) is 0. The Morgan fingerprint density at radius 3 is 1.65 bits per heavy atom. The molecule has 0 heterocycles. The van der Waals surface area contributed by atoms with E-state index in [9.17, 15) is 4.79 Å². The smallest absolute Gasteiger partial charge is 0.331 e. The molecule has 0 aliphatic rings. The van der Waals surface area contributed by atoms with Gasteiger partial charge in [-0.3, -0.25) is 0 Å². The molecule has 20 heavy (non-hydrogen) atoms. The van der Waals surface area contributed by atoms with Gasteiger partial charge < -0.3 is 29.9 Å². The predicted molar refractivity (Wildman–Crippen MR) is 77.2 cm³/mol. The summed E-state index contributed by atoms with van der Waals surface area (Å²) in [6.45, 7) is 9.86. The predicted octanol–water partition coefficient (Wildman–Crippen LogP) is 0.980. The van der Waals surface area contributed by atoms with Gasteiger partial charge in [0, 0.05) is 26.4 Å². The molecule has 0 saturated carbocycles. The van der Waals surface area contributed by atoms with Gasteiger partial charge in [-0.25, -0.2) is 4.79 Å². The number of hydrogen-bond acceptors (Lipinski definition) is 6. The molecule has 0 rings (SSSR count). The Morgan fingerprint density at radius 1 is 1.05 bits per heavy atom. The van der Waals surface area contributed by atoms with Crippen LogP contribution in [0, 0.1) is 0 Å². The van der Waals surface area contributed by atoms with Crippen LogP contribution in [0.1, 0.15) is 34.6 Å². The molecule has 0 fully saturated rings. The van der Waals surface area contributed by atoms with Crippen molar-refractivity contribution in [2.45, 2.75) is 40.9 Å². The molecule has 124 valence electrons. The van der Waals surface area contributed by atoms with E-state index in [1.807, 2.05) is 6.92 Å². The quantitative estimate of drug-likeness (QED) is 0.339. The van der Waals surface area contributed by atoms with Crippen LogP contribution in [-0.4, -0.2) is 59.1 Å². The standard InChI is InChI=1S/C7H12O4.3C2H6O/c1-3-10-6(2)11-5-4-7(8)9;3*1-2-3/h4-6H,3H2,1-2H3,(H,8,9);3*3H,2H2,1H3. The molecule has 0 aromatic rings. The number of aliphatic carboxylic acids is 1. The van der Waals surface area contributed by atoms with E-state index >= 15 is 0 Å². The van der Waals surface area contributed by atoms with E-state index in [0.29, 0.717) is 6.61 Å². The highest BCUT2D eigenvalue weighted by Gasteiger charge is 1.96. The normalized spacial score (nSPS) is 10.0. The summed E-state index contributed by atoms with van der Waals surface area (Å²) in [5.74, 6) is -1.03. The highest BCUT2D eigenvalue weighted by atomic mass is 16.7. The number of hydrogen-bond donors (Lipinski definition) is 4. The van der Waals surface area contributed by atoms with Crippen molar-refractivity contribution in [1.29, 1.82) is 0 Å². The highest BCUT2D eigenvalue weighted by molar-refractivity contribution is 5.79. The van der Waals surface area contributed by atoms with Crippen molar-refractivity contribution in [2.75, 3.05) is 26.4 Å². The Kier molecular flexibility index (Phi) is 41.8. The van der Waals surface area contributed by atoms with Gasteiger partial charge in [0.05, 0.1) is 12.3 Å². The second-order valence-electron chi connectivity index (χ2n) is 2.75. The van der Waals surface area contributed by atoms with E-state index in [4.69, 9.17) is 29.9 Å². The van der Waals surface area contributed by atoms with Crippen LogP contribution < -0.4 is 0 Å². The van der Waals surface area contributed by atoms with E-state index in [-0.39, 0.29) is 19.8 Å². The number of aliphatic hydroxyl groups is 3. The van der Waals surface area contributed by atoms with Gasteiger partial charge in [0.1, 0.15) is 0 Å². The number of ether oxygens (including phenoxy) is 2. The molecule has 0 saturated heterocycles. The molecular weight excluding hydrogens is 268 g/mol. The van der Waals surface area contributed by atoms with Crippen LogP contribution in [0.4, 0.5) is 0 Å². The summed E-state index contributed by atoms with van der Waals surface area (Å²) >= 11 is 0. The molecule has 7 heteroatoms. The lowest BCUT2D eigenvalue weighted by Crippen LogP contribution is -2.09. The van der Waals surface area contributed by atoms with Crippen LogP contribution in [0.5, 0.6) is 0 Å². The molecule has 0 aromatic carbocycles. The first kappa shape index (κ1) is 27.2. The number of carboxylic acid groups (broad SMARTS) is 1. The summed E-state index contributed by atoms with van der Waals surface area (Å²) in [6.07, 6.45) is 1.62. The topological polar surface area (TPSA) is 116 Å². The molecule has 4 N–H and O–H groups in total. The second kappa shape index (κ2) is 30.7. The third kappa shape index (κ3) is 68.7. The monoisotopic (exact) mass is 298 g/mol. The lowest BCUT2D eigenvalue weighted by atomic mass is 10.6. The van der Waals surface area contributed by atoms with Gasteiger partial charge in [-0.2, -0.15) is 0 Å². The Labute approximate surface area is 121 Å². The summed E-state index contributed by atoms with van der Waals surface area (Å²) in [5.41, 5.74) is 0. The first-order valence-corrected chi connectivity index (χ1v) is 6.40. The number of rotatable bonds is 5. The van der Waals surface area contributed by atoms with Crippen LogP contribution in [0.25, 0.3) is 0 Å². The van der Waals surface area contributed by atoms with Gasteiger partial charge in [0.25, 0.3) is 0 Å². The van der Waals surface area contributed by atoms with Gasteiger partial charge in [0.2, 0.25) is 0 Å². The molecule has 0 bridgehead atoms. The third-order valence-electron chi connectivity index (χ3n) is 0.882. The fourth-order valence-electron chi connectivity index (χ4n) is 0.482. The average molecular weight is 298 g/mol. The Morgan fingerprint density at radius 2 is 1.40 bits per heavy atom. The van der Waals surface area contributed by atoms with Crippen molar-refractivity contribution >= 4 is 5.97 Å². The molecule has 7 nitrogen and oxygen atoms in total. The minimum Gasteiger partial charge on any atom is -0.478 e. The fourth-order valence-corrected chi connectivity index (χ4v) is 0.482. The van der Waals surface area contributed by atoms with Crippen molar-refractivity contribution in [1.82, 2.24) is 0 Å². The van der Waals surface area contributed by atoms with E-state index < -0.39 is 12.3 Å². The maximum atomic E-state index is 9.93. The van der Waals surface area contributed by atoms with E-state index in [1.165, 1.54) is 0 Å². The maximum absolute atomic E-state index is 9.93. The van der Waals surface area contributed by atoms with Crippen molar-refractivity contribution in [3.8, 4) is 0 Å². The minimum atomic E-state index is -1.03. The van der Waals surface area contributed by atoms with Crippen LogP contribution in [0.2, 0.25) is 0 Å². The number of aliphatic hydroxyl groups excluding tert-OH is 3. The number of carboxylic acids is 1. The van der Waals surface area contributed by atoms with Crippen molar-refractivity contribution in [3.05, 3.63) is 12.3 Å². The first-order chi connectivity index (χ1) is 9.41. The lowest BCUT2D eigenvalue weighted by molar-refractivity contribution is -0.131. The SMILES string of the molecule is CCO.CCO.CCO.CCOC(C)OC=CC(=O)O. The third-order valence-corrected chi connectivity index (χ3v) is 0.882. The first-order valence-electron chi connectivity index (χ1n) is 6.40. The van der Waals surface area contributed by atoms with E-state index in [2.05, 4.69) is 0 Å². The Bertz CT molecular complexity index is 179. The van der Waals surface area contributed by atoms with Gasteiger partial charge in [-0.1, -0.05) is 0 Å². The van der Waals surface area contributed by atoms with E-state index in [1.54, 1.807) is 27.7 Å². The molecule has 0 aliphatic carbocycles. The van der Waals surface area contributed by atoms with Gasteiger partial charge in [-0.15, -0.1) is 0 Å². The van der Waals surface area contributed by atoms with Crippen molar-refractivity contribution < 1.29 is 34.7 Å². The Balaban J connectivity index is -0.000000117. The summed E-state index contributed by atoms with van der Waals surface area (Å²) in [5, 5.41) is 30.9. The highest BCUT2D eigenvalue weighted by Crippen LogP contribution is 1.92. The Hall–Kier alpha value is -1.15. The zero-order valence-electron chi connectivity index (χ0n) is 13.1. The molecule has 1 atom stereocenters. The molecule has 0 amide bonds. The van der Waals surface area contributed by atoms with Crippen LogP contribution in [-0.2, 0) is 14.3 Å². The summed E-state index contributed by atoms with van der Waals surface area (Å²) < 4.78 is 9.77. The zero-order valence-corrected chi connectivity index (χ0v) is 13.1. The maximum Gasteiger partial charge on any atom is 0.331 e. The van der Waals surface area contributed by atoms with Gasteiger partial charge in [0.15, 0.2) is 6.29 Å². The lowest BCUT2D eigenvalue weighted by Gasteiger charge is -2.09. The van der Waals surface area contributed by atoms with Crippen molar-refractivity contribution in [2.24, 2.45) is 0 Å². The van der Waals surface area contributed by atoms with Crippen molar-refractivity contribution in [3.63, 3.8) is 0 Å². The molecule has 0 spiro atoms. The molecule has 0 radical (unpaired) electrons. The zero-order chi connectivity index (χ0) is 16.8. The van der Waals surface area contributed by atoms with Crippen LogP contribution in [0.15, 0.2) is 12.3 Å². The molecular formula is C13H30O7. The second-order valence-corrected chi connectivity index (χ2v) is 2.75. The summed E-state index contributed by atoms with van der Waals surface area (Å²) in [4.78, 5) is 9.93.